The summed E-state index contributed by atoms with van der Waals surface area (Å²) in [5, 5.41) is 3.89. The second-order valence-corrected chi connectivity index (χ2v) is 4.11. The molecule has 2 aromatic carbocycles. The fraction of sp³-hybridized carbons (Fsp3) is 0.125. The van der Waals surface area contributed by atoms with Gasteiger partial charge in [0.2, 0.25) is 0 Å². The first kappa shape index (κ1) is 13.8. The van der Waals surface area contributed by atoms with Crippen LogP contribution in [-0.4, -0.2) is 19.3 Å². The highest BCUT2D eigenvalue weighted by molar-refractivity contribution is 5.90. The van der Waals surface area contributed by atoms with Gasteiger partial charge in [-0.1, -0.05) is 47.6 Å². The molecule has 2 rings (SSSR count). The van der Waals surface area contributed by atoms with Gasteiger partial charge < -0.3 is 9.57 Å². The number of hydrogen-bond acceptors (Lipinski definition) is 4. The van der Waals surface area contributed by atoms with Crippen LogP contribution in [0.3, 0.4) is 0 Å². The van der Waals surface area contributed by atoms with Crippen LogP contribution in [0.4, 0.5) is 0 Å². The summed E-state index contributed by atoms with van der Waals surface area (Å²) in [7, 11) is 1.36. The minimum Gasteiger partial charge on any atom is -0.465 e. The SMILES string of the molecule is COC(=O)c1ccc(/C=N/OCc2ccccc2)cc1. The smallest absolute Gasteiger partial charge is 0.337 e. The number of hydrogen-bond donors (Lipinski definition) is 0. The van der Waals surface area contributed by atoms with E-state index in [1.807, 2.05) is 30.3 Å². The van der Waals surface area contributed by atoms with E-state index in [1.165, 1.54) is 7.11 Å². The van der Waals surface area contributed by atoms with E-state index < -0.39 is 0 Å². The number of esters is 1. The third kappa shape index (κ3) is 3.95. The maximum Gasteiger partial charge on any atom is 0.337 e. The van der Waals surface area contributed by atoms with Crippen molar-refractivity contribution >= 4 is 12.2 Å². The molecular weight excluding hydrogens is 254 g/mol. The Morgan fingerprint density at radius 1 is 1.10 bits per heavy atom. The Labute approximate surface area is 117 Å². The molecule has 0 fully saturated rings. The van der Waals surface area contributed by atoms with Gasteiger partial charge in [0.05, 0.1) is 18.9 Å². The van der Waals surface area contributed by atoms with Crippen molar-refractivity contribution in [3.8, 4) is 0 Å². The van der Waals surface area contributed by atoms with E-state index in [4.69, 9.17) is 4.84 Å². The second kappa shape index (κ2) is 7.09. The molecule has 2 aromatic rings. The number of carbonyl (C=O) groups is 1. The molecule has 0 aliphatic heterocycles. The number of nitrogens with zero attached hydrogens (tertiary/aromatic N) is 1. The van der Waals surface area contributed by atoms with Crippen LogP contribution >= 0.6 is 0 Å². The monoisotopic (exact) mass is 269 g/mol. The van der Waals surface area contributed by atoms with Crippen LogP contribution in [0.25, 0.3) is 0 Å². The van der Waals surface area contributed by atoms with Crippen molar-refractivity contribution < 1.29 is 14.4 Å². The third-order valence-electron chi connectivity index (χ3n) is 2.68. The van der Waals surface area contributed by atoms with Crippen LogP contribution in [0.15, 0.2) is 59.8 Å². The van der Waals surface area contributed by atoms with E-state index in [1.54, 1.807) is 30.5 Å². The molecule has 0 bridgehead atoms. The standard InChI is InChI=1S/C16H15NO3/c1-19-16(18)15-9-7-13(8-10-15)11-17-20-12-14-5-3-2-4-6-14/h2-11H,12H2,1H3/b17-11+. The van der Waals surface area contributed by atoms with E-state index >= 15 is 0 Å². The normalized spacial score (nSPS) is 10.4. The summed E-state index contributed by atoms with van der Waals surface area (Å²) in [6, 6.07) is 16.7. The van der Waals surface area contributed by atoms with Gasteiger partial charge in [-0.2, -0.15) is 0 Å². The molecule has 0 N–H and O–H groups in total. The minimum absolute atomic E-state index is 0.353. The van der Waals surface area contributed by atoms with Gasteiger partial charge in [-0.3, -0.25) is 0 Å². The van der Waals surface area contributed by atoms with E-state index in [2.05, 4.69) is 9.89 Å². The molecule has 0 aliphatic rings. The number of oxime groups is 1. The highest BCUT2D eigenvalue weighted by atomic mass is 16.6. The molecule has 102 valence electrons. The molecule has 0 amide bonds. The summed E-state index contributed by atoms with van der Waals surface area (Å²) in [5.74, 6) is -0.353. The first-order valence-electron chi connectivity index (χ1n) is 6.17. The zero-order chi connectivity index (χ0) is 14.2. The first-order chi connectivity index (χ1) is 9.79. The van der Waals surface area contributed by atoms with E-state index in [-0.39, 0.29) is 5.97 Å². The summed E-state index contributed by atoms with van der Waals surface area (Å²) in [5.41, 5.74) is 2.42. The van der Waals surface area contributed by atoms with Crippen LogP contribution in [0.5, 0.6) is 0 Å². The maximum absolute atomic E-state index is 11.3. The van der Waals surface area contributed by atoms with E-state index in [9.17, 15) is 4.79 Å². The lowest BCUT2D eigenvalue weighted by atomic mass is 10.1. The second-order valence-electron chi connectivity index (χ2n) is 4.11. The molecule has 0 heterocycles. The topological polar surface area (TPSA) is 47.9 Å². The molecule has 4 nitrogen and oxygen atoms in total. The number of methoxy groups -OCH3 is 1. The molecule has 0 atom stereocenters. The highest BCUT2D eigenvalue weighted by Crippen LogP contribution is 2.05. The predicted molar refractivity (Wildman–Crippen MR) is 76.6 cm³/mol. The minimum atomic E-state index is -0.353. The molecule has 4 heteroatoms. The average molecular weight is 269 g/mol. The Kier molecular flexibility index (Phi) is 4.89. The summed E-state index contributed by atoms with van der Waals surface area (Å²) < 4.78 is 4.63. The summed E-state index contributed by atoms with van der Waals surface area (Å²) in [4.78, 5) is 16.5. The van der Waals surface area contributed by atoms with Crippen molar-refractivity contribution in [3.63, 3.8) is 0 Å². The van der Waals surface area contributed by atoms with Crippen molar-refractivity contribution in [3.05, 3.63) is 71.3 Å². The molecule has 0 unspecified atom stereocenters. The largest absolute Gasteiger partial charge is 0.465 e. The lowest BCUT2D eigenvalue weighted by molar-refractivity contribution is 0.0601. The zero-order valence-electron chi connectivity index (χ0n) is 11.2. The lowest BCUT2D eigenvalue weighted by Gasteiger charge is -2.00. The Morgan fingerprint density at radius 2 is 1.80 bits per heavy atom. The third-order valence-corrected chi connectivity index (χ3v) is 2.68. The van der Waals surface area contributed by atoms with Crippen molar-refractivity contribution in [2.45, 2.75) is 6.61 Å². The van der Waals surface area contributed by atoms with Gasteiger partial charge in [0.1, 0.15) is 6.61 Å². The molecule has 20 heavy (non-hydrogen) atoms. The quantitative estimate of drug-likeness (QED) is 0.476. The Balaban J connectivity index is 1.87. The number of rotatable bonds is 5. The van der Waals surface area contributed by atoms with Gasteiger partial charge in [-0.25, -0.2) is 4.79 Å². The number of ether oxygens (including phenoxy) is 1. The van der Waals surface area contributed by atoms with E-state index in [0.29, 0.717) is 12.2 Å². The van der Waals surface area contributed by atoms with Crippen LogP contribution in [0, 0.1) is 0 Å². The lowest BCUT2D eigenvalue weighted by Crippen LogP contribution is -2.00. The van der Waals surface area contributed by atoms with Crippen LogP contribution < -0.4 is 0 Å². The van der Waals surface area contributed by atoms with Gasteiger partial charge in [-0.05, 0) is 23.3 Å². The van der Waals surface area contributed by atoms with Crippen molar-refractivity contribution in [1.82, 2.24) is 0 Å². The summed E-state index contributed by atoms with van der Waals surface area (Å²) in [6.45, 7) is 0.428. The fourth-order valence-corrected chi connectivity index (χ4v) is 1.61. The number of benzene rings is 2. The van der Waals surface area contributed by atoms with Crippen LogP contribution in [0.1, 0.15) is 21.5 Å². The van der Waals surface area contributed by atoms with E-state index in [0.717, 1.165) is 11.1 Å². The Hall–Kier alpha value is -2.62. The first-order valence-corrected chi connectivity index (χ1v) is 6.17. The van der Waals surface area contributed by atoms with Crippen LogP contribution in [-0.2, 0) is 16.2 Å². The van der Waals surface area contributed by atoms with Gasteiger partial charge in [0.25, 0.3) is 0 Å². The molecule has 0 saturated heterocycles. The molecule has 0 aliphatic carbocycles. The van der Waals surface area contributed by atoms with Crippen molar-refractivity contribution in [2.75, 3.05) is 7.11 Å². The zero-order valence-corrected chi connectivity index (χ0v) is 11.2. The molecular formula is C16H15NO3. The van der Waals surface area contributed by atoms with Gasteiger partial charge in [0.15, 0.2) is 0 Å². The molecule has 0 saturated carbocycles. The fourth-order valence-electron chi connectivity index (χ4n) is 1.61. The summed E-state index contributed by atoms with van der Waals surface area (Å²) >= 11 is 0. The average Bonchev–Trinajstić information content (AvgIpc) is 2.52. The Morgan fingerprint density at radius 3 is 2.45 bits per heavy atom. The van der Waals surface area contributed by atoms with Gasteiger partial charge in [0, 0.05) is 0 Å². The highest BCUT2D eigenvalue weighted by Gasteiger charge is 2.03. The van der Waals surface area contributed by atoms with Crippen LogP contribution in [0.2, 0.25) is 0 Å². The number of carbonyl (C=O) groups excluding carboxylic acids is 1. The van der Waals surface area contributed by atoms with Crippen molar-refractivity contribution in [2.24, 2.45) is 5.16 Å². The predicted octanol–water partition coefficient (Wildman–Crippen LogP) is 3.02. The molecule has 0 radical (unpaired) electrons. The van der Waals surface area contributed by atoms with Gasteiger partial charge in [-0.15, -0.1) is 0 Å². The molecule has 0 spiro atoms. The maximum atomic E-state index is 11.3. The summed E-state index contributed by atoms with van der Waals surface area (Å²) in [6.07, 6.45) is 1.60. The Bertz CT molecular complexity index is 576. The van der Waals surface area contributed by atoms with Gasteiger partial charge >= 0.3 is 5.97 Å². The van der Waals surface area contributed by atoms with Crippen molar-refractivity contribution in [1.29, 1.82) is 0 Å². The molecule has 0 aromatic heterocycles.